The van der Waals surface area contributed by atoms with Crippen LogP contribution in [0.1, 0.15) is 19.2 Å². The molecule has 0 fully saturated rings. The molecule has 3 nitrogen and oxygen atoms in total. The zero-order valence-corrected chi connectivity index (χ0v) is 10.9. The molecule has 0 saturated heterocycles. The molecule has 0 bridgehead atoms. The molecule has 0 radical (unpaired) electrons. The van der Waals surface area contributed by atoms with Crippen molar-refractivity contribution >= 4 is 11.6 Å². The van der Waals surface area contributed by atoms with Crippen molar-refractivity contribution in [1.82, 2.24) is 15.3 Å². The Hall–Kier alpha value is -1.39. The summed E-state index contributed by atoms with van der Waals surface area (Å²) in [7, 11) is 0. The van der Waals surface area contributed by atoms with E-state index < -0.39 is 0 Å². The van der Waals surface area contributed by atoms with E-state index in [2.05, 4.69) is 22.2 Å². The van der Waals surface area contributed by atoms with Crippen LogP contribution in [0.4, 0.5) is 4.39 Å². The summed E-state index contributed by atoms with van der Waals surface area (Å²) in [6.07, 6.45) is 2.79. The van der Waals surface area contributed by atoms with Gasteiger partial charge in [0.05, 0.1) is 23.5 Å². The maximum Gasteiger partial charge on any atom is 0.124 e. The van der Waals surface area contributed by atoms with Gasteiger partial charge in [-0.05, 0) is 31.2 Å². The number of hydrogen-bond donors (Lipinski definition) is 2. The molecule has 0 spiro atoms. The SMILES string of the molecule is CCCNCc1ncc(-c2ccc(F)cc2Cl)[nH]1. The number of nitrogens with one attached hydrogen (secondary N) is 2. The van der Waals surface area contributed by atoms with Gasteiger partial charge in [-0.3, -0.25) is 0 Å². The van der Waals surface area contributed by atoms with E-state index in [-0.39, 0.29) is 5.82 Å². The van der Waals surface area contributed by atoms with Crippen LogP contribution in [0, 0.1) is 5.82 Å². The lowest BCUT2D eigenvalue weighted by Crippen LogP contribution is -2.14. The highest BCUT2D eigenvalue weighted by molar-refractivity contribution is 6.33. The number of aromatic nitrogens is 2. The molecule has 0 aliphatic carbocycles. The highest BCUT2D eigenvalue weighted by atomic mass is 35.5. The van der Waals surface area contributed by atoms with Gasteiger partial charge in [0.1, 0.15) is 11.6 Å². The predicted molar refractivity (Wildman–Crippen MR) is 71.0 cm³/mol. The lowest BCUT2D eigenvalue weighted by molar-refractivity contribution is 0.628. The Bertz CT molecular complexity index is 525. The fourth-order valence-electron chi connectivity index (χ4n) is 1.68. The van der Waals surface area contributed by atoms with Gasteiger partial charge in [-0.15, -0.1) is 0 Å². The van der Waals surface area contributed by atoms with E-state index in [0.29, 0.717) is 11.6 Å². The molecule has 2 aromatic rings. The van der Waals surface area contributed by atoms with Gasteiger partial charge in [-0.1, -0.05) is 18.5 Å². The third-order valence-corrected chi connectivity index (χ3v) is 2.88. The summed E-state index contributed by atoms with van der Waals surface area (Å²) in [6, 6.07) is 4.33. The van der Waals surface area contributed by atoms with E-state index in [1.54, 1.807) is 12.3 Å². The van der Waals surface area contributed by atoms with Crippen molar-refractivity contribution in [2.24, 2.45) is 0 Å². The Labute approximate surface area is 110 Å². The molecule has 1 aromatic carbocycles. The first-order valence-electron chi connectivity index (χ1n) is 5.90. The van der Waals surface area contributed by atoms with Gasteiger partial charge in [-0.2, -0.15) is 0 Å². The molecule has 2 N–H and O–H groups in total. The molecule has 0 saturated carbocycles. The van der Waals surface area contributed by atoms with Gasteiger partial charge in [0.25, 0.3) is 0 Å². The van der Waals surface area contributed by atoms with Crippen LogP contribution in [-0.2, 0) is 6.54 Å². The second-order valence-corrected chi connectivity index (χ2v) is 4.45. The number of imidazole rings is 1. The lowest BCUT2D eigenvalue weighted by atomic mass is 10.2. The summed E-state index contributed by atoms with van der Waals surface area (Å²) in [5.74, 6) is 0.506. The van der Waals surface area contributed by atoms with Crippen molar-refractivity contribution in [1.29, 1.82) is 0 Å². The topological polar surface area (TPSA) is 40.7 Å². The average molecular weight is 268 g/mol. The first-order chi connectivity index (χ1) is 8.70. The molecule has 1 heterocycles. The van der Waals surface area contributed by atoms with Crippen molar-refractivity contribution in [2.75, 3.05) is 6.54 Å². The van der Waals surface area contributed by atoms with Crippen LogP contribution in [0.5, 0.6) is 0 Å². The van der Waals surface area contributed by atoms with Crippen LogP contribution < -0.4 is 5.32 Å². The van der Waals surface area contributed by atoms with Gasteiger partial charge in [0.15, 0.2) is 0 Å². The molecule has 0 amide bonds. The van der Waals surface area contributed by atoms with Gasteiger partial charge in [0, 0.05) is 5.56 Å². The second-order valence-electron chi connectivity index (χ2n) is 4.04. The Morgan fingerprint density at radius 1 is 1.44 bits per heavy atom. The first-order valence-corrected chi connectivity index (χ1v) is 6.28. The maximum atomic E-state index is 13.0. The Kier molecular flexibility index (Phi) is 4.33. The van der Waals surface area contributed by atoms with E-state index >= 15 is 0 Å². The Morgan fingerprint density at radius 2 is 2.28 bits per heavy atom. The number of nitrogens with zero attached hydrogens (tertiary/aromatic N) is 1. The molecule has 5 heteroatoms. The Morgan fingerprint density at radius 3 is 3.00 bits per heavy atom. The first kappa shape index (κ1) is 13.1. The minimum absolute atomic E-state index is 0.340. The van der Waals surface area contributed by atoms with Gasteiger partial charge < -0.3 is 10.3 Å². The van der Waals surface area contributed by atoms with E-state index in [1.165, 1.54) is 12.1 Å². The van der Waals surface area contributed by atoms with Crippen LogP contribution in [0.15, 0.2) is 24.4 Å². The van der Waals surface area contributed by atoms with Crippen LogP contribution >= 0.6 is 11.6 Å². The van der Waals surface area contributed by atoms with E-state index in [9.17, 15) is 4.39 Å². The smallest absolute Gasteiger partial charge is 0.124 e. The molecule has 2 rings (SSSR count). The summed E-state index contributed by atoms with van der Waals surface area (Å²) >= 11 is 6.00. The summed E-state index contributed by atoms with van der Waals surface area (Å²) < 4.78 is 13.0. The fourth-order valence-corrected chi connectivity index (χ4v) is 1.95. The number of aromatic amines is 1. The van der Waals surface area contributed by atoms with Crippen molar-refractivity contribution in [2.45, 2.75) is 19.9 Å². The lowest BCUT2D eigenvalue weighted by Gasteiger charge is -2.02. The predicted octanol–water partition coefficient (Wildman–Crippen LogP) is 3.37. The molecule has 0 atom stereocenters. The zero-order valence-electron chi connectivity index (χ0n) is 10.1. The fraction of sp³-hybridized carbons (Fsp3) is 0.308. The minimum Gasteiger partial charge on any atom is -0.341 e. The van der Waals surface area contributed by atoms with Gasteiger partial charge >= 0.3 is 0 Å². The maximum absolute atomic E-state index is 13.0. The largest absolute Gasteiger partial charge is 0.341 e. The quantitative estimate of drug-likeness (QED) is 0.816. The zero-order chi connectivity index (χ0) is 13.0. The molecule has 0 aliphatic heterocycles. The normalized spacial score (nSPS) is 10.8. The van der Waals surface area contributed by atoms with Gasteiger partial charge in [0.2, 0.25) is 0 Å². The standard InChI is InChI=1S/C13H15ClFN3/c1-2-5-16-8-13-17-7-12(18-13)10-4-3-9(15)6-11(10)14/h3-4,6-7,16H,2,5,8H2,1H3,(H,17,18). The number of benzene rings is 1. The molecule has 1 aromatic heterocycles. The summed E-state index contributed by atoms with van der Waals surface area (Å²) in [4.78, 5) is 7.43. The summed E-state index contributed by atoms with van der Waals surface area (Å²) in [6.45, 7) is 3.75. The number of hydrogen-bond acceptors (Lipinski definition) is 2. The van der Waals surface area contributed by atoms with Crippen molar-refractivity contribution in [3.8, 4) is 11.3 Å². The van der Waals surface area contributed by atoms with E-state index in [4.69, 9.17) is 11.6 Å². The third kappa shape index (κ3) is 3.09. The highest BCUT2D eigenvalue weighted by Gasteiger charge is 2.07. The van der Waals surface area contributed by atoms with E-state index in [0.717, 1.165) is 30.0 Å². The van der Waals surface area contributed by atoms with E-state index in [1.807, 2.05) is 0 Å². The summed E-state index contributed by atoms with van der Waals surface area (Å²) in [5, 5.41) is 3.63. The van der Waals surface area contributed by atoms with Crippen LogP contribution in [0.3, 0.4) is 0 Å². The highest BCUT2D eigenvalue weighted by Crippen LogP contribution is 2.26. The van der Waals surface area contributed by atoms with Crippen LogP contribution in [0.2, 0.25) is 5.02 Å². The second kappa shape index (κ2) is 5.98. The van der Waals surface area contributed by atoms with Crippen LogP contribution in [-0.4, -0.2) is 16.5 Å². The van der Waals surface area contributed by atoms with Gasteiger partial charge in [-0.25, -0.2) is 9.37 Å². The molecule has 18 heavy (non-hydrogen) atoms. The molecular weight excluding hydrogens is 253 g/mol. The number of halogens is 2. The van der Waals surface area contributed by atoms with Crippen molar-refractivity contribution < 1.29 is 4.39 Å². The van der Waals surface area contributed by atoms with Crippen molar-refractivity contribution in [3.05, 3.63) is 41.1 Å². The average Bonchev–Trinajstić information content (AvgIpc) is 2.78. The molecular formula is C13H15ClFN3. The summed E-state index contributed by atoms with van der Waals surface area (Å²) in [5.41, 5.74) is 1.56. The molecule has 0 unspecified atom stereocenters. The molecule has 96 valence electrons. The third-order valence-electron chi connectivity index (χ3n) is 2.57. The Balaban J connectivity index is 2.13. The van der Waals surface area contributed by atoms with Crippen molar-refractivity contribution in [3.63, 3.8) is 0 Å². The molecule has 0 aliphatic rings. The number of H-pyrrole nitrogens is 1. The minimum atomic E-state index is -0.340. The monoisotopic (exact) mass is 267 g/mol. The van der Waals surface area contributed by atoms with Crippen LogP contribution in [0.25, 0.3) is 11.3 Å². The number of rotatable bonds is 5.